The zero-order valence-electron chi connectivity index (χ0n) is 17.8. The quantitative estimate of drug-likeness (QED) is 0.544. The SMILES string of the molecule is CCOc1ccc(C(=O)NC(=S)Nc2ccc(S(=O)(=O)N3CCN(C)CC3)cc2)cc1Br. The minimum atomic E-state index is -3.54. The molecule has 0 bridgehead atoms. The molecule has 11 heteroatoms. The van der Waals surface area contributed by atoms with Gasteiger partial charge in [-0.05, 0) is 84.6 Å². The van der Waals surface area contributed by atoms with E-state index in [9.17, 15) is 13.2 Å². The van der Waals surface area contributed by atoms with E-state index in [-0.39, 0.29) is 15.9 Å². The molecule has 1 heterocycles. The van der Waals surface area contributed by atoms with Gasteiger partial charge in [0.1, 0.15) is 5.75 Å². The molecule has 32 heavy (non-hydrogen) atoms. The normalized spacial score (nSPS) is 15.2. The number of nitrogens with zero attached hydrogens (tertiary/aromatic N) is 2. The van der Waals surface area contributed by atoms with Gasteiger partial charge in [-0.25, -0.2) is 8.42 Å². The number of carbonyl (C=O) groups excluding carboxylic acids is 1. The minimum absolute atomic E-state index is 0.106. The lowest BCUT2D eigenvalue weighted by Gasteiger charge is -2.31. The number of nitrogens with one attached hydrogen (secondary N) is 2. The van der Waals surface area contributed by atoms with Gasteiger partial charge in [-0.2, -0.15) is 4.31 Å². The predicted octanol–water partition coefficient (Wildman–Crippen LogP) is 2.91. The molecule has 1 saturated heterocycles. The van der Waals surface area contributed by atoms with Gasteiger partial charge in [-0.3, -0.25) is 10.1 Å². The largest absolute Gasteiger partial charge is 0.493 e. The van der Waals surface area contributed by atoms with E-state index in [1.165, 1.54) is 16.4 Å². The van der Waals surface area contributed by atoms with Crippen molar-refractivity contribution in [2.75, 3.05) is 45.2 Å². The Morgan fingerprint density at radius 2 is 1.78 bits per heavy atom. The van der Waals surface area contributed by atoms with E-state index in [1.54, 1.807) is 30.3 Å². The van der Waals surface area contributed by atoms with E-state index in [0.29, 0.717) is 54.3 Å². The summed E-state index contributed by atoms with van der Waals surface area (Å²) in [6, 6.07) is 11.3. The molecule has 2 aromatic rings. The van der Waals surface area contributed by atoms with E-state index in [0.717, 1.165) is 0 Å². The topological polar surface area (TPSA) is 91.0 Å². The summed E-state index contributed by atoms with van der Waals surface area (Å²) in [4.78, 5) is 14.8. The molecule has 2 aromatic carbocycles. The Labute approximate surface area is 202 Å². The van der Waals surface area contributed by atoms with Crippen molar-refractivity contribution in [3.8, 4) is 5.75 Å². The van der Waals surface area contributed by atoms with Crippen molar-refractivity contribution in [2.24, 2.45) is 0 Å². The molecule has 0 radical (unpaired) electrons. The van der Waals surface area contributed by atoms with Gasteiger partial charge in [-0.1, -0.05) is 0 Å². The smallest absolute Gasteiger partial charge is 0.257 e. The van der Waals surface area contributed by atoms with Gasteiger partial charge in [0.25, 0.3) is 5.91 Å². The minimum Gasteiger partial charge on any atom is -0.493 e. The van der Waals surface area contributed by atoms with Crippen LogP contribution in [0.1, 0.15) is 17.3 Å². The fourth-order valence-corrected chi connectivity index (χ4v) is 5.27. The van der Waals surface area contributed by atoms with Crippen LogP contribution < -0.4 is 15.4 Å². The van der Waals surface area contributed by atoms with Crippen LogP contribution in [0, 0.1) is 0 Å². The van der Waals surface area contributed by atoms with Gasteiger partial charge in [0.05, 0.1) is 16.0 Å². The highest BCUT2D eigenvalue weighted by Gasteiger charge is 2.27. The van der Waals surface area contributed by atoms with Crippen LogP contribution >= 0.6 is 28.1 Å². The molecule has 0 unspecified atom stereocenters. The molecule has 1 aliphatic heterocycles. The second-order valence-corrected chi connectivity index (χ2v) is 10.4. The molecule has 2 N–H and O–H groups in total. The summed E-state index contributed by atoms with van der Waals surface area (Å²) in [6.45, 7) is 4.75. The highest BCUT2D eigenvalue weighted by molar-refractivity contribution is 9.10. The fourth-order valence-electron chi connectivity index (χ4n) is 3.14. The first-order chi connectivity index (χ1) is 15.2. The molecular weight excluding hydrogens is 516 g/mol. The highest BCUT2D eigenvalue weighted by atomic mass is 79.9. The van der Waals surface area contributed by atoms with Gasteiger partial charge < -0.3 is 15.0 Å². The standard InChI is InChI=1S/C21H25BrN4O4S2/c1-3-30-19-9-4-15(14-18(19)22)20(27)24-21(31)23-16-5-7-17(8-6-16)32(28,29)26-12-10-25(2)11-13-26/h4-9,14H,3,10-13H2,1-2H3,(H2,23,24,27,31). The lowest BCUT2D eigenvalue weighted by molar-refractivity contribution is 0.0977. The summed E-state index contributed by atoms with van der Waals surface area (Å²) in [5.74, 6) is 0.275. The number of carbonyl (C=O) groups is 1. The lowest BCUT2D eigenvalue weighted by Crippen LogP contribution is -2.46. The Morgan fingerprint density at radius 3 is 2.38 bits per heavy atom. The zero-order chi connectivity index (χ0) is 23.3. The van der Waals surface area contributed by atoms with Crippen molar-refractivity contribution in [3.05, 3.63) is 52.5 Å². The maximum absolute atomic E-state index is 12.8. The second kappa shape index (κ2) is 10.7. The van der Waals surface area contributed by atoms with Crippen LogP contribution in [0.2, 0.25) is 0 Å². The molecule has 0 aromatic heterocycles. The summed E-state index contributed by atoms with van der Waals surface area (Å²) < 4.78 is 33.2. The number of anilines is 1. The number of benzene rings is 2. The van der Waals surface area contributed by atoms with Crippen molar-refractivity contribution in [1.29, 1.82) is 0 Å². The Bertz CT molecular complexity index is 1090. The Morgan fingerprint density at radius 1 is 1.12 bits per heavy atom. The Balaban J connectivity index is 1.60. The molecule has 1 amide bonds. The number of piperazine rings is 1. The zero-order valence-corrected chi connectivity index (χ0v) is 21.0. The van der Waals surface area contributed by atoms with Crippen molar-refractivity contribution in [2.45, 2.75) is 11.8 Å². The maximum atomic E-state index is 12.8. The van der Waals surface area contributed by atoms with Crippen LogP contribution in [0.4, 0.5) is 5.69 Å². The van der Waals surface area contributed by atoms with Gasteiger partial charge in [0, 0.05) is 37.4 Å². The summed E-state index contributed by atoms with van der Waals surface area (Å²) in [5, 5.41) is 5.62. The lowest BCUT2D eigenvalue weighted by atomic mass is 10.2. The molecule has 172 valence electrons. The molecule has 0 saturated carbocycles. The summed E-state index contributed by atoms with van der Waals surface area (Å²) in [7, 11) is -1.56. The molecule has 8 nitrogen and oxygen atoms in total. The Hall–Kier alpha value is -2.05. The monoisotopic (exact) mass is 540 g/mol. The number of ether oxygens (including phenoxy) is 1. The van der Waals surface area contributed by atoms with Gasteiger partial charge >= 0.3 is 0 Å². The van der Waals surface area contributed by atoms with Gasteiger partial charge in [0.2, 0.25) is 10.0 Å². The van der Waals surface area contributed by atoms with Crippen LogP contribution in [0.5, 0.6) is 5.75 Å². The third-order valence-electron chi connectivity index (χ3n) is 4.93. The number of amides is 1. The molecule has 0 atom stereocenters. The van der Waals surface area contributed by atoms with E-state index in [4.69, 9.17) is 17.0 Å². The van der Waals surface area contributed by atoms with Gasteiger partial charge in [0.15, 0.2) is 5.11 Å². The fraction of sp³-hybridized carbons (Fsp3) is 0.333. The Kier molecular flexibility index (Phi) is 8.23. The number of thiocarbonyl (C=S) groups is 1. The summed E-state index contributed by atoms with van der Waals surface area (Å²) in [6.07, 6.45) is 0. The van der Waals surface area contributed by atoms with Crippen molar-refractivity contribution in [3.63, 3.8) is 0 Å². The number of hydrogen-bond acceptors (Lipinski definition) is 6. The van der Waals surface area contributed by atoms with E-state index < -0.39 is 10.0 Å². The first kappa shape index (κ1) is 24.6. The molecule has 3 rings (SSSR count). The molecule has 1 fully saturated rings. The number of hydrogen-bond donors (Lipinski definition) is 2. The first-order valence-corrected chi connectivity index (χ1v) is 12.7. The third-order valence-corrected chi connectivity index (χ3v) is 7.67. The van der Waals surface area contributed by atoms with E-state index >= 15 is 0 Å². The molecule has 1 aliphatic rings. The van der Waals surface area contributed by atoms with E-state index in [1.807, 2.05) is 14.0 Å². The molecule has 0 aliphatic carbocycles. The predicted molar refractivity (Wildman–Crippen MR) is 132 cm³/mol. The number of sulfonamides is 1. The van der Waals surface area contributed by atoms with Crippen molar-refractivity contribution < 1.29 is 17.9 Å². The number of rotatable bonds is 6. The average molecular weight is 541 g/mol. The third kappa shape index (κ3) is 6.04. The van der Waals surface area contributed by atoms with Crippen LogP contribution in [0.3, 0.4) is 0 Å². The number of halogens is 1. The highest BCUT2D eigenvalue weighted by Crippen LogP contribution is 2.26. The van der Waals surface area contributed by atoms with E-state index in [2.05, 4.69) is 31.5 Å². The average Bonchev–Trinajstić information content (AvgIpc) is 2.76. The summed E-state index contributed by atoms with van der Waals surface area (Å²) >= 11 is 8.60. The first-order valence-electron chi connectivity index (χ1n) is 10.0. The van der Waals surface area contributed by atoms with Crippen LogP contribution in [0.15, 0.2) is 51.8 Å². The number of likely N-dealkylation sites (N-methyl/N-ethyl adjacent to an activating group) is 1. The maximum Gasteiger partial charge on any atom is 0.257 e. The van der Waals surface area contributed by atoms with Crippen LogP contribution in [0.25, 0.3) is 0 Å². The second-order valence-electron chi connectivity index (χ2n) is 7.22. The molecular formula is C21H25BrN4O4S2. The van der Waals surface area contributed by atoms with Crippen molar-refractivity contribution in [1.82, 2.24) is 14.5 Å². The molecule has 0 spiro atoms. The van der Waals surface area contributed by atoms with Crippen LogP contribution in [-0.2, 0) is 10.0 Å². The van der Waals surface area contributed by atoms with Gasteiger partial charge in [-0.15, -0.1) is 0 Å². The summed E-state index contributed by atoms with van der Waals surface area (Å²) in [5.41, 5.74) is 0.985. The van der Waals surface area contributed by atoms with Crippen LogP contribution in [-0.4, -0.2) is 68.5 Å². The van der Waals surface area contributed by atoms with Crippen molar-refractivity contribution >= 4 is 54.9 Å².